The van der Waals surface area contributed by atoms with Gasteiger partial charge in [-0.3, -0.25) is 4.79 Å². The molecule has 6 heteroatoms. The number of amides is 1. The predicted octanol–water partition coefficient (Wildman–Crippen LogP) is 4.73. The van der Waals surface area contributed by atoms with E-state index in [1.807, 2.05) is 42.6 Å². The van der Waals surface area contributed by atoms with Gasteiger partial charge in [-0.2, -0.15) is 0 Å². The molecule has 6 nitrogen and oxygen atoms in total. The lowest BCUT2D eigenvalue weighted by Gasteiger charge is -2.18. The Kier molecular flexibility index (Phi) is 6.23. The molecule has 0 saturated carbocycles. The fourth-order valence-electron chi connectivity index (χ4n) is 3.68. The SMILES string of the molecule is CCCC(NC(=O)CCc1nnc(Cc2c[nH]c3ccccc23)o1)c1ccccc1. The van der Waals surface area contributed by atoms with Gasteiger partial charge in [-0.1, -0.05) is 61.9 Å². The first-order chi connectivity index (χ1) is 14.7. The average molecular weight is 402 g/mol. The first-order valence-electron chi connectivity index (χ1n) is 10.4. The monoisotopic (exact) mass is 402 g/mol. The second-order valence-corrected chi connectivity index (χ2v) is 7.45. The van der Waals surface area contributed by atoms with Crippen molar-refractivity contribution < 1.29 is 9.21 Å². The average Bonchev–Trinajstić information content (AvgIpc) is 3.40. The summed E-state index contributed by atoms with van der Waals surface area (Å²) < 4.78 is 5.78. The van der Waals surface area contributed by atoms with E-state index in [0.717, 1.165) is 34.9 Å². The van der Waals surface area contributed by atoms with Crippen LogP contribution in [0.25, 0.3) is 10.9 Å². The highest BCUT2D eigenvalue weighted by atomic mass is 16.4. The molecule has 30 heavy (non-hydrogen) atoms. The highest BCUT2D eigenvalue weighted by Gasteiger charge is 2.15. The predicted molar refractivity (Wildman–Crippen MR) is 116 cm³/mol. The van der Waals surface area contributed by atoms with E-state index in [4.69, 9.17) is 4.42 Å². The maximum absolute atomic E-state index is 12.5. The minimum Gasteiger partial charge on any atom is -0.425 e. The number of rotatable bonds is 9. The Balaban J connectivity index is 1.33. The van der Waals surface area contributed by atoms with Crippen molar-refractivity contribution in [2.24, 2.45) is 0 Å². The highest BCUT2D eigenvalue weighted by Crippen LogP contribution is 2.21. The Morgan fingerprint density at radius 3 is 2.67 bits per heavy atom. The summed E-state index contributed by atoms with van der Waals surface area (Å²) in [5.41, 5.74) is 3.33. The van der Waals surface area contributed by atoms with Gasteiger partial charge in [-0.25, -0.2) is 0 Å². The molecule has 0 aliphatic rings. The second-order valence-electron chi connectivity index (χ2n) is 7.45. The van der Waals surface area contributed by atoms with Crippen molar-refractivity contribution in [2.75, 3.05) is 0 Å². The maximum atomic E-state index is 12.5. The normalized spacial score (nSPS) is 12.2. The summed E-state index contributed by atoms with van der Waals surface area (Å²) >= 11 is 0. The van der Waals surface area contributed by atoms with Crippen LogP contribution in [0.3, 0.4) is 0 Å². The van der Waals surface area contributed by atoms with Crippen molar-refractivity contribution in [1.82, 2.24) is 20.5 Å². The number of nitrogens with zero attached hydrogens (tertiary/aromatic N) is 2. The van der Waals surface area contributed by atoms with Gasteiger partial charge in [-0.05, 0) is 23.6 Å². The number of nitrogens with one attached hydrogen (secondary N) is 2. The van der Waals surface area contributed by atoms with Crippen LogP contribution in [0, 0.1) is 0 Å². The Labute approximate surface area is 175 Å². The first kappa shape index (κ1) is 19.9. The number of benzene rings is 2. The number of H-pyrrole nitrogens is 1. The third kappa shape index (κ3) is 4.76. The fraction of sp³-hybridized carbons (Fsp3) is 0.292. The lowest BCUT2D eigenvalue weighted by molar-refractivity contribution is -0.121. The van der Waals surface area contributed by atoms with Crippen LogP contribution < -0.4 is 5.32 Å². The van der Waals surface area contributed by atoms with Crippen LogP contribution >= 0.6 is 0 Å². The van der Waals surface area contributed by atoms with Crippen molar-refractivity contribution in [3.05, 3.63) is 83.7 Å². The Morgan fingerprint density at radius 1 is 1.07 bits per heavy atom. The van der Waals surface area contributed by atoms with E-state index < -0.39 is 0 Å². The summed E-state index contributed by atoms with van der Waals surface area (Å²) in [6.45, 7) is 2.12. The van der Waals surface area contributed by atoms with Crippen molar-refractivity contribution >= 4 is 16.8 Å². The number of carbonyl (C=O) groups is 1. The van der Waals surface area contributed by atoms with Gasteiger partial charge in [0.05, 0.1) is 12.5 Å². The third-order valence-corrected chi connectivity index (χ3v) is 5.21. The van der Waals surface area contributed by atoms with E-state index >= 15 is 0 Å². The summed E-state index contributed by atoms with van der Waals surface area (Å²) in [5.74, 6) is 1.05. The molecule has 1 amide bonds. The van der Waals surface area contributed by atoms with Gasteiger partial charge in [0, 0.05) is 29.9 Å². The molecule has 1 atom stereocenters. The van der Waals surface area contributed by atoms with E-state index in [1.54, 1.807) is 0 Å². The smallest absolute Gasteiger partial charge is 0.221 e. The number of para-hydroxylation sites is 1. The van der Waals surface area contributed by atoms with Crippen LogP contribution in [0.15, 0.2) is 65.2 Å². The quantitative estimate of drug-likeness (QED) is 0.424. The zero-order chi connectivity index (χ0) is 20.8. The molecule has 0 radical (unpaired) electrons. The lowest BCUT2D eigenvalue weighted by Crippen LogP contribution is -2.28. The van der Waals surface area contributed by atoms with Gasteiger partial charge >= 0.3 is 0 Å². The van der Waals surface area contributed by atoms with Gasteiger partial charge in [0.15, 0.2) is 0 Å². The number of hydrogen-bond donors (Lipinski definition) is 2. The van der Waals surface area contributed by atoms with Crippen molar-refractivity contribution in [3.8, 4) is 0 Å². The van der Waals surface area contributed by atoms with E-state index in [9.17, 15) is 4.79 Å². The molecule has 2 aromatic carbocycles. The summed E-state index contributed by atoms with van der Waals surface area (Å²) in [5, 5.41) is 12.6. The van der Waals surface area contributed by atoms with Crippen molar-refractivity contribution in [3.63, 3.8) is 0 Å². The van der Waals surface area contributed by atoms with Crippen molar-refractivity contribution in [2.45, 2.75) is 45.1 Å². The largest absolute Gasteiger partial charge is 0.425 e. The molecule has 2 heterocycles. The van der Waals surface area contributed by atoms with Gasteiger partial charge in [0.1, 0.15) is 0 Å². The van der Waals surface area contributed by atoms with Gasteiger partial charge in [0.25, 0.3) is 0 Å². The zero-order valence-electron chi connectivity index (χ0n) is 17.1. The van der Waals surface area contributed by atoms with Crippen LogP contribution in [0.4, 0.5) is 0 Å². The molecule has 1 unspecified atom stereocenters. The molecule has 4 aromatic rings. The van der Waals surface area contributed by atoms with E-state index in [0.29, 0.717) is 31.0 Å². The molecule has 0 fully saturated rings. The van der Waals surface area contributed by atoms with E-state index in [1.165, 1.54) is 0 Å². The van der Waals surface area contributed by atoms with Gasteiger partial charge in [0.2, 0.25) is 17.7 Å². The maximum Gasteiger partial charge on any atom is 0.221 e. The number of carbonyl (C=O) groups excluding carboxylic acids is 1. The fourth-order valence-corrected chi connectivity index (χ4v) is 3.68. The molecular weight excluding hydrogens is 376 g/mol. The minimum absolute atomic E-state index is 0.00585. The first-order valence-corrected chi connectivity index (χ1v) is 10.4. The third-order valence-electron chi connectivity index (χ3n) is 5.21. The Bertz CT molecular complexity index is 1100. The summed E-state index contributed by atoms with van der Waals surface area (Å²) in [6.07, 6.45) is 5.20. The van der Waals surface area contributed by atoms with Gasteiger partial charge in [-0.15, -0.1) is 10.2 Å². The van der Waals surface area contributed by atoms with Gasteiger partial charge < -0.3 is 14.7 Å². The van der Waals surface area contributed by atoms with Crippen LogP contribution in [0.1, 0.15) is 55.1 Å². The van der Waals surface area contributed by atoms with Crippen LogP contribution in [0.2, 0.25) is 0 Å². The second kappa shape index (κ2) is 9.39. The molecule has 2 N–H and O–H groups in total. The number of aryl methyl sites for hydroxylation is 1. The number of fused-ring (bicyclic) bond motifs is 1. The van der Waals surface area contributed by atoms with Crippen LogP contribution in [-0.4, -0.2) is 21.1 Å². The van der Waals surface area contributed by atoms with Crippen LogP contribution in [-0.2, 0) is 17.6 Å². The molecule has 154 valence electrons. The standard InChI is InChI=1S/C24H26N4O2/c1-2-8-20(17-9-4-3-5-10-17)26-22(29)13-14-23-27-28-24(30-23)15-18-16-25-21-12-7-6-11-19(18)21/h3-7,9-12,16,20,25H,2,8,13-15H2,1H3,(H,26,29). The molecule has 2 aromatic heterocycles. The van der Waals surface area contributed by atoms with E-state index in [2.05, 4.69) is 45.6 Å². The molecular formula is C24H26N4O2. The van der Waals surface area contributed by atoms with Crippen LogP contribution in [0.5, 0.6) is 0 Å². The zero-order valence-corrected chi connectivity index (χ0v) is 17.1. The van der Waals surface area contributed by atoms with Crippen molar-refractivity contribution in [1.29, 1.82) is 0 Å². The summed E-state index contributed by atoms with van der Waals surface area (Å²) in [7, 11) is 0. The minimum atomic E-state index is -0.00585. The summed E-state index contributed by atoms with van der Waals surface area (Å²) in [4.78, 5) is 15.7. The highest BCUT2D eigenvalue weighted by molar-refractivity contribution is 5.83. The molecule has 0 aliphatic heterocycles. The number of aromatic amines is 1. The molecule has 0 bridgehead atoms. The molecule has 0 spiro atoms. The van der Waals surface area contributed by atoms with E-state index in [-0.39, 0.29) is 11.9 Å². The molecule has 0 saturated heterocycles. The number of hydrogen-bond acceptors (Lipinski definition) is 4. The Hall–Kier alpha value is -3.41. The Morgan fingerprint density at radius 2 is 1.83 bits per heavy atom. The molecule has 0 aliphatic carbocycles. The lowest BCUT2D eigenvalue weighted by atomic mass is 10.0. The topological polar surface area (TPSA) is 83.8 Å². The summed E-state index contributed by atoms with van der Waals surface area (Å²) in [6, 6.07) is 18.2. The molecule has 4 rings (SSSR count). The number of aromatic nitrogens is 3.